The number of halogens is 1. The van der Waals surface area contributed by atoms with E-state index in [-0.39, 0.29) is 12.4 Å². The van der Waals surface area contributed by atoms with Crippen LogP contribution in [0.15, 0.2) is 59.6 Å². The molecule has 4 nitrogen and oxygen atoms in total. The molecule has 0 aliphatic carbocycles. The van der Waals surface area contributed by atoms with E-state index >= 15 is 0 Å². The Hall–Kier alpha value is -2.08. The van der Waals surface area contributed by atoms with Crippen LogP contribution in [0.1, 0.15) is 10.4 Å². The summed E-state index contributed by atoms with van der Waals surface area (Å²) in [5.74, 6) is 0.0298. The molecule has 0 radical (unpaired) electrons. The number of carboxylic acids is 1. The summed E-state index contributed by atoms with van der Waals surface area (Å²) in [7, 11) is 4.11. The molecule has 0 spiro atoms. The highest BCUT2D eigenvalue weighted by molar-refractivity contribution is 7.99. The molecule has 1 N–H and O–H groups in total. The molecule has 0 saturated carbocycles. The summed E-state index contributed by atoms with van der Waals surface area (Å²) < 4.78 is 0. The van der Waals surface area contributed by atoms with Crippen molar-refractivity contribution >= 4 is 41.0 Å². The SMILES string of the molecule is CN(C)CCSc1nc2ccccc2cc1-c1ccc(C(=O)O)cc1.Cl. The number of carboxylic acid groups (broad SMARTS) is 1. The van der Waals surface area contributed by atoms with Crippen molar-refractivity contribution in [1.82, 2.24) is 9.88 Å². The highest BCUT2D eigenvalue weighted by atomic mass is 35.5. The molecule has 0 saturated heterocycles. The van der Waals surface area contributed by atoms with Gasteiger partial charge in [-0.2, -0.15) is 0 Å². The Morgan fingerprint density at radius 2 is 1.81 bits per heavy atom. The molecule has 136 valence electrons. The van der Waals surface area contributed by atoms with Crippen LogP contribution in [0.4, 0.5) is 0 Å². The molecule has 0 aliphatic rings. The minimum Gasteiger partial charge on any atom is -0.478 e. The summed E-state index contributed by atoms with van der Waals surface area (Å²) in [5, 5.41) is 11.1. The lowest BCUT2D eigenvalue weighted by Crippen LogP contribution is -2.14. The summed E-state index contributed by atoms with van der Waals surface area (Å²) in [4.78, 5) is 18.1. The first-order valence-corrected chi connectivity index (χ1v) is 9.04. The van der Waals surface area contributed by atoms with Crippen molar-refractivity contribution in [2.45, 2.75) is 5.03 Å². The maximum absolute atomic E-state index is 11.1. The predicted molar refractivity (Wildman–Crippen MR) is 111 cm³/mol. The van der Waals surface area contributed by atoms with E-state index in [1.54, 1.807) is 23.9 Å². The van der Waals surface area contributed by atoms with Crippen molar-refractivity contribution in [3.8, 4) is 11.1 Å². The Kier molecular flexibility index (Phi) is 7.03. The Labute approximate surface area is 163 Å². The zero-order valence-corrected chi connectivity index (χ0v) is 16.3. The van der Waals surface area contributed by atoms with Gasteiger partial charge in [-0.3, -0.25) is 0 Å². The molecule has 26 heavy (non-hydrogen) atoms. The van der Waals surface area contributed by atoms with Crippen LogP contribution in [0.3, 0.4) is 0 Å². The van der Waals surface area contributed by atoms with Crippen molar-refractivity contribution in [2.75, 3.05) is 26.4 Å². The van der Waals surface area contributed by atoms with E-state index in [0.29, 0.717) is 5.56 Å². The molecule has 1 heterocycles. The lowest BCUT2D eigenvalue weighted by molar-refractivity contribution is 0.0697. The van der Waals surface area contributed by atoms with Gasteiger partial charge in [0.1, 0.15) is 5.03 Å². The number of thioether (sulfide) groups is 1. The lowest BCUT2D eigenvalue weighted by atomic mass is 10.0. The van der Waals surface area contributed by atoms with Gasteiger partial charge in [0.25, 0.3) is 0 Å². The summed E-state index contributed by atoms with van der Waals surface area (Å²) in [6, 6.07) is 17.2. The number of pyridine rings is 1. The second-order valence-corrected chi connectivity index (χ2v) is 7.15. The molecule has 0 fully saturated rings. The Morgan fingerprint density at radius 1 is 1.12 bits per heavy atom. The van der Waals surface area contributed by atoms with Gasteiger partial charge in [0.2, 0.25) is 0 Å². The van der Waals surface area contributed by atoms with Gasteiger partial charge in [-0.1, -0.05) is 30.3 Å². The topological polar surface area (TPSA) is 53.4 Å². The van der Waals surface area contributed by atoms with Gasteiger partial charge in [-0.15, -0.1) is 24.2 Å². The molecular formula is C20H21ClN2O2S. The first-order valence-electron chi connectivity index (χ1n) is 8.05. The number of hydrogen-bond acceptors (Lipinski definition) is 4. The number of aromatic nitrogens is 1. The lowest BCUT2D eigenvalue weighted by Gasteiger charge is -2.13. The summed E-state index contributed by atoms with van der Waals surface area (Å²) in [5.41, 5.74) is 3.29. The predicted octanol–water partition coefficient (Wildman–Crippen LogP) is 4.68. The van der Waals surface area contributed by atoms with Crippen LogP contribution in [0.5, 0.6) is 0 Å². The normalized spacial score (nSPS) is 10.7. The quantitative estimate of drug-likeness (QED) is 0.621. The maximum atomic E-state index is 11.1. The van der Waals surface area contributed by atoms with Crippen LogP contribution < -0.4 is 0 Å². The molecule has 0 amide bonds. The van der Waals surface area contributed by atoms with Crippen molar-refractivity contribution in [3.05, 3.63) is 60.2 Å². The molecule has 3 rings (SSSR count). The van der Waals surface area contributed by atoms with Gasteiger partial charge in [-0.25, -0.2) is 9.78 Å². The van der Waals surface area contributed by atoms with E-state index in [4.69, 9.17) is 10.1 Å². The number of aromatic carboxylic acids is 1. The number of rotatable bonds is 6. The van der Waals surface area contributed by atoms with Gasteiger partial charge in [-0.05, 0) is 43.9 Å². The van der Waals surface area contributed by atoms with Crippen molar-refractivity contribution in [2.24, 2.45) is 0 Å². The molecule has 3 aromatic rings. The highest BCUT2D eigenvalue weighted by Crippen LogP contribution is 2.33. The number of hydrogen-bond donors (Lipinski definition) is 1. The van der Waals surface area contributed by atoms with Gasteiger partial charge in [0.15, 0.2) is 0 Å². The fraction of sp³-hybridized carbons (Fsp3) is 0.200. The third-order valence-electron chi connectivity index (χ3n) is 3.91. The van der Waals surface area contributed by atoms with E-state index < -0.39 is 5.97 Å². The van der Waals surface area contributed by atoms with E-state index in [0.717, 1.165) is 39.4 Å². The number of nitrogens with zero attached hydrogens (tertiary/aromatic N) is 2. The summed E-state index contributed by atoms with van der Waals surface area (Å²) in [6.45, 7) is 0.969. The fourth-order valence-electron chi connectivity index (χ4n) is 2.53. The average molecular weight is 389 g/mol. The third kappa shape index (κ3) is 4.75. The molecule has 1 aromatic heterocycles. The molecule has 2 aromatic carbocycles. The fourth-order valence-corrected chi connectivity index (χ4v) is 3.68. The first kappa shape index (κ1) is 20.2. The largest absolute Gasteiger partial charge is 0.478 e. The zero-order valence-electron chi connectivity index (χ0n) is 14.7. The van der Waals surface area contributed by atoms with Crippen LogP contribution in [0, 0.1) is 0 Å². The molecule has 0 bridgehead atoms. The molecule has 6 heteroatoms. The summed E-state index contributed by atoms with van der Waals surface area (Å²) in [6.07, 6.45) is 0. The minimum absolute atomic E-state index is 0. The van der Waals surface area contributed by atoms with Crippen molar-refractivity contribution in [3.63, 3.8) is 0 Å². The first-order chi connectivity index (χ1) is 12.0. The van der Waals surface area contributed by atoms with Gasteiger partial charge in [0, 0.05) is 23.2 Å². The number of carbonyl (C=O) groups is 1. The third-order valence-corrected chi connectivity index (χ3v) is 4.88. The molecular weight excluding hydrogens is 368 g/mol. The smallest absolute Gasteiger partial charge is 0.335 e. The van der Waals surface area contributed by atoms with E-state index in [2.05, 4.69) is 25.1 Å². The van der Waals surface area contributed by atoms with Crippen molar-refractivity contribution < 1.29 is 9.90 Å². The van der Waals surface area contributed by atoms with E-state index in [1.807, 2.05) is 36.4 Å². The number of fused-ring (bicyclic) bond motifs is 1. The Bertz CT molecular complexity index is 898. The average Bonchev–Trinajstić information content (AvgIpc) is 2.61. The van der Waals surface area contributed by atoms with Crippen LogP contribution in [0.2, 0.25) is 0 Å². The second kappa shape index (κ2) is 9.03. The van der Waals surface area contributed by atoms with Crippen LogP contribution in [-0.2, 0) is 0 Å². The monoisotopic (exact) mass is 388 g/mol. The molecule has 0 aliphatic heterocycles. The minimum atomic E-state index is -0.913. The Balaban J connectivity index is 0.00000243. The van der Waals surface area contributed by atoms with Gasteiger partial charge in [0.05, 0.1) is 11.1 Å². The molecule has 0 unspecified atom stereocenters. The molecule has 0 atom stereocenters. The van der Waals surface area contributed by atoms with Crippen molar-refractivity contribution in [1.29, 1.82) is 0 Å². The standard InChI is InChI=1S/C20H20N2O2S.ClH/c1-22(2)11-12-25-19-17(13-16-5-3-4-6-18(16)21-19)14-7-9-15(10-8-14)20(23)24;/h3-10,13H,11-12H2,1-2H3,(H,23,24);1H. The summed E-state index contributed by atoms with van der Waals surface area (Å²) >= 11 is 1.73. The Morgan fingerprint density at radius 3 is 2.46 bits per heavy atom. The van der Waals surface area contributed by atoms with Crippen LogP contribution >= 0.6 is 24.2 Å². The van der Waals surface area contributed by atoms with Crippen LogP contribution in [0.25, 0.3) is 22.0 Å². The number of benzene rings is 2. The van der Waals surface area contributed by atoms with E-state index in [9.17, 15) is 4.79 Å². The van der Waals surface area contributed by atoms with E-state index in [1.165, 1.54) is 0 Å². The zero-order chi connectivity index (χ0) is 17.8. The van der Waals surface area contributed by atoms with Gasteiger partial charge < -0.3 is 10.0 Å². The number of para-hydroxylation sites is 1. The maximum Gasteiger partial charge on any atom is 0.335 e. The van der Waals surface area contributed by atoms with Crippen LogP contribution in [-0.4, -0.2) is 47.4 Å². The van der Waals surface area contributed by atoms with Gasteiger partial charge >= 0.3 is 5.97 Å². The highest BCUT2D eigenvalue weighted by Gasteiger charge is 2.11. The second-order valence-electron chi connectivity index (χ2n) is 6.07.